The topological polar surface area (TPSA) is 81.3 Å². The smallest absolute Gasteiger partial charge is 0.337 e. The molecule has 0 amide bonds. The lowest BCUT2D eigenvalue weighted by Gasteiger charge is -2.17. The Balaban J connectivity index is 2.79. The van der Waals surface area contributed by atoms with Gasteiger partial charge in [0, 0.05) is 13.1 Å². The molecule has 0 fully saturated rings. The number of carboxylic acids is 1. The van der Waals surface area contributed by atoms with Gasteiger partial charge in [0.05, 0.1) is 22.0 Å². The molecule has 0 unspecified atom stereocenters. The van der Waals surface area contributed by atoms with Crippen LogP contribution in [0, 0.1) is 0 Å². The van der Waals surface area contributed by atoms with Crippen LogP contribution in [0.25, 0.3) is 5.69 Å². The minimum Gasteiger partial charge on any atom is -0.478 e. The number of rotatable bonds is 2. The predicted molar refractivity (Wildman–Crippen MR) is 88.5 cm³/mol. The molecule has 0 bridgehead atoms. The first-order valence-electron chi connectivity index (χ1n) is 5.97. The van der Waals surface area contributed by atoms with Crippen molar-refractivity contribution in [3.63, 3.8) is 0 Å². The van der Waals surface area contributed by atoms with Gasteiger partial charge in [-0.05, 0) is 18.2 Å². The van der Waals surface area contributed by atoms with Crippen LogP contribution in [-0.2, 0) is 10.8 Å². The van der Waals surface area contributed by atoms with E-state index in [1.807, 2.05) is 0 Å². The molecule has 0 aliphatic rings. The summed E-state index contributed by atoms with van der Waals surface area (Å²) in [5.41, 5.74) is -1.89. The summed E-state index contributed by atoms with van der Waals surface area (Å²) in [5.74, 6) is -1.29. The van der Waals surface area contributed by atoms with Crippen LogP contribution in [0.15, 0.2) is 33.9 Å². The van der Waals surface area contributed by atoms with Crippen LogP contribution in [-0.4, -0.2) is 20.2 Å². The zero-order valence-electron chi connectivity index (χ0n) is 11.4. The second-order valence-corrected chi connectivity index (χ2v) is 7.20. The largest absolute Gasteiger partial charge is 0.478 e. The van der Waals surface area contributed by atoms with Gasteiger partial charge in [0.2, 0.25) is 3.79 Å². The van der Waals surface area contributed by atoms with Gasteiger partial charge in [-0.15, -0.1) is 0 Å². The lowest BCUT2D eigenvalue weighted by molar-refractivity contribution is 0.0697. The molecule has 0 aliphatic heterocycles. The number of aromatic nitrogens is 2. The third-order valence-electron chi connectivity index (χ3n) is 3.05. The van der Waals surface area contributed by atoms with Crippen molar-refractivity contribution in [2.75, 3.05) is 0 Å². The molecule has 6 nitrogen and oxygen atoms in total. The molecule has 23 heavy (non-hydrogen) atoms. The maximum absolute atomic E-state index is 12.4. The first-order valence-corrected chi connectivity index (χ1v) is 7.48. The number of carboxylic acid groups (broad SMARTS) is 1. The molecule has 0 saturated carbocycles. The zero-order valence-corrected chi connectivity index (χ0v) is 14.4. The summed E-state index contributed by atoms with van der Waals surface area (Å²) in [6.07, 6.45) is 0. The Kier molecular flexibility index (Phi) is 4.82. The van der Waals surface area contributed by atoms with E-state index in [1.54, 1.807) is 0 Å². The van der Waals surface area contributed by atoms with Crippen LogP contribution >= 0.6 is 46.4 Å². The molecular formula is C13H8Cl4N2O4. The van der Waals surface area contributed by atoms with E-state index in [9.17, 15) is 14.4 Å². The Morgan fingerprint density at radius 1 is 1.17 bits per heavy atom. The van der Waals surface area contributed by atoms with E-state index in [4.69, 9.17) is 51.5 Å². The SMILES string of the molecule is Cn1c(C(Cl)(Cl)Cl)cc(=O)n(-c2ccc(Cl)c(C(=O)O)c2)c1=O. The van der Waals surface area contributed by atoms with Crippen molar-refractivity contribution < 1.29 is 9.90 Å². The van der Waals surface area contributed by atoms with Crippen LogP contribution in [0.4, 0.5) is 0 Å². The molecule has 2 aromatic rings. The zero-order chi connectivity index (χ0) is 17.5. The number of nitrogens with zero attached hydrogens (tertiary/aromatic N) is 2. The van der Waals surface area contributed by atoms with Crippen molar-refractivity contribution in [2.45, 2.75) is 3.79 Å². The van der Waals surface area contributed by atoms with Crippen molar-refractivity contribution in [1.82, 2.24) is 9.13 Å². The highest BCUT2D eigenvalue weighted by Crippen LogP contribution is 2.36. The van der Waals surface area contributed by atoms with Gasteiger partial charge in [0.1, 0.15) is 0 Å². The van der Waals surface area contributed by atoms with Gasteiger partial charge < -0.3 is 5.11 Å². The third-order valence-corrected chi connectivity index (χ3v) is 3.96. The molecule has 0 atom stereocenters. The predicted octanol–water partition coefficient (Wildman–Crippen LogP) is 2.71. The number of carbonyl (C=O) groups is 1. The van der Waals surface area contributed by atoms with Gasteiger partial charge in [-0.25, -0.2) is 14.2 Å². The Labute approximate surface area is 149 Å². The Morgan fingerprint density at radius 2 is 1.78 bits per heavy atom. The second kappa shape index (κ2) is 6.20. The summed E-state index contributed by atoms with van der Waals surface area (Å²) >= 11 is 22.9. The quantitative estimate of drug-likeness (QED) is 0.790. The minimum atomic E-state index is -1.96. The summed E-state index contributed by atoms with van der Waals surface area (Å²) in [4.78, 5) is 35.7. The maximum Gasteiger partial charge on any atom is 0.337 e. The highest BCUT2D eigenvalue weighted by molar-refractivity contribution is 6.66. The average molecular weight is 398 g/mol. The van der Waals surface area contributed by atoms with Gasteiger partial charge in [0.15, 0.2) is 0 Å². The Hall–Kier alpha value is -1.47. The molecule has 0 spiro atoms. The molecule has 1 aromatic carbocycles. The number of aromatic carboxylic acids is 1. The number of halogens is 4. The standard InChI is InChI=1S/C13H8Cl4N2O4/c1-18-9(13(15,16)17)5-10(20)19(12(18)23)6-2-3-8(14)7(4-6)11(21)22/h2-5H,1H3,(H,21,22). The van der Waals surface area contributed by atoms with Crippen LogP contribution in [0.2, 0.25) is 5.02 Å². The first kappa shape index (κ1) is 17.9. The number of hydrogen-bond acceptors (Lipinski definition) is 3. The molecule has 122 valence electrons. The monoisotopic (exact) mass is 396 g/mol. The number of benzene rings is 1. The van der Waals surface area contributed by atoms with Gasteiger partial charge in [-0.1, -0.05) is 46.4 Å². The van der Waals surface area contributed by atoms with E-state index in [2.05, 4.69) is 0 Å². The van der Waals surface area contributed by atoms with Crippen molar-refractivity contribution >= 4 is 52.4 Å². The van der Waals surface area contributed by atoms with E-state index >= 15 is 0 Å². The maximum atomic E-state index is 12.4. The second-order valence-electron chi connectivity index (χ2n) is 4.51. The summed E-state index contributed by atoms with van der Waals surface area (Å²) < 4.78 is -0.218. The molecule has 1 N–H and O–H groups in total. The van der Waals surface area contributed by atoms with E-state index in [0.29, 0.717) is 0 Å². The summed E-state index contributed by atoms with van der Waals surface area (Å²) in [6, 6.07) is 4.72. The van der Waals surface area contributed by atoms with Crippen molar-refractivity contribution in [3.05, 3.63) is 61.4 Å². The molecule has 0 saturated heterocycles. The molecule has 1 aromatic heterocycles. The summed E-state index contributed by atoms with van der Waals surface area (Å²) in [7, 11) is 1.32. The highest BCUT2D eigenvalue weighted by atomic mass is 35.6. The molecular weight excluding hydrogens is 390 g/mol. The summed E-state index contributed by atoms with van der Waals surface area (Å²) in [6.45, 7) is 0. The van der Waals surface area contributed by atoms with Crippen LogP contribution in [0.5, 0.6) is 0 Å². The lowest BCUT2D eigenvalue weighted by Crippen LogP contribution is -2.40. The van der Waals surface area contributed by atoms with E-state index in [1.165, 1.54) is 19.2 Å². The van der Waals surface area contributed by atoms with E-state index in [-0.39, 0.29) is 22.0 Å². The fourth-order valence-corrected chi connectivity index (χ4v) is 2.69. The van der Waals surface area contributed by atoms with Crippen LogP contribution in [0.1, 0.15) is 16.1 Å². The van der Waals surface area contributed by atoms with Crippen molar-refractivity contribution in [1.29, 1.82) is 0 Å². The molecule has 1 heterocycles. The third kappa shape index (κ3) is 3.40. The lowest BCUT2D eigenvalue weighted by atomic mass is 10.2. The van der Waals surface area contributed by atoms with Crippen molar-refractivity contribution in [3.8, 4) is 5.69 Å². The number of hydrogen-bond donors (Lipinski definition) is 1. The van der Waals surface area contributed by atoms with Crippen LogP contribution < -0.4 is 11.2 Å². The van der Waals surface area contributed by atoms with E-state index < -0.39 is 21.0 Å². The molecule has 0 radical (unpaired) electrons. The van der Waals surface area contributed by atoms with Gasteiger partial charge in [-0.2, -0.15) is 0 Å². The van der Waals surface area contributed by atoms with Gasteiger partial charge in [-0.3, -0.25) is 9.36 Å². The fraction of sp³-hybridized carbons (Fsp3) is 0.154. The number of alkyl halides is 3. The molecule has 0 aliphatic carbocycles. The van der Waals surface area contributed by atoms with Crippen molar-refractivity contribution in [2.24, 2.45) is 7.05 Å². The fourth-order valence-electron chi connectivity index (χ4n) is 1.95. The normalized spacial score (nSPS) is 11.5. The Morgan fingerprint density at radius 3 is 2.30 bits per heavy atom. The first-order chi connectivity index (χ1) is 10.5. The average Bonchev–Trinajstić information content (AvgIpc) is 2.43. The Bertz CT molecular complexity index is 912. The molecule has 10 heteroatoms. The van der Waals surface area contributed by atoms with Gasteiger partial charge >= 0.3 is 11.7 Å². The van der Waals surface area contributed by atoms with E-state index in [0.717, 1.165) is 21.3 Å². The summed E-state index contributed by atoms with van der Waals surface area (Å²) in [5, 5.41) is 9.05. The molecule has 2 rings (SSSR count). The van der Waals surface area contributed by atoms with Crippen LogP contribution in [0.3, 0.4) is 0 Å². The van der Waals surface area contributed by atoms with Gasteiger partial charge in [0.25, 0.3) is 5.56 Å². The highest BCUT2D eigenvalue weighted by Gasteiger charge is 2.28. The minimum absolute atomic E-state index is 0.0240.